The van der Waals surface area contributed by atoms with E-state index in [0.717, 1.165) is 10.2 Å². The largest absolute Gasteiger partial charge is 0.497 e. The molecule has 0 fully saturated rings. The van der Waals surface area contributed by atoms with Gasteiger partial charge in [0.25, 0.3) is 5.89 Å². The second-order valence-corrected chi connectivity index (χ2v) is 5.14. The summed E-state index contributed by atoms with van der Waals surface area (Å²) < 4.78 is 11.3. The lowest BCUT2D eigenvalue weighted by atomic mass is 10.3. The van der Waals surface area contributed by atoms with Crippen LogP contribution in [0.4, 0.5) is 5.69 Å². The fraction of sp³-hybridized carbons (Fsp3) is 0.0667. The van der Waals surface area contributed by atoms with E-state index in [-0.39, 0.29) is 5.89 Å². The summed E-state index contributed by atoms with van der Waals surface area (Å²) in [5.41, 5.74) is 1.82. The van der Waals surface area contributed by atoms with Gasteiger partial charge in [-0.05, 0) is 52.3 Å². The van der Waals surface area contributed by atoms with E-state index < -0.39 is 5.91 Å². The SMILES string of the molecule is COc1ccc(NC(=O)c2nc3cccc(Br)c3o2)cc1. The highest BCUT2D eigenvalue weighted by Crippen LogP contribution is 2.25. The monoisotopic (exact) mass is 346 g/mol. The third-order valence-electron chi connectivity index (χ3n) is 2.91. The number of rotatable bonds is 3. The van der Waals surface area contributed by atoms with Gasteiger partial charge in [-0.1, -0.05) is 6.07 Å². The van der Waals surface area contributed by atoms with Crippen molar-refractivity contribution in [1.82, 2.24) is 4.98 Å². The summed E-state index contributed by atoms with van der Waals surface area (Å²) in [5, 5.41) is 2.72. The minimum absolute atomic E-state index is 0.0210. The third-order valence-corrected chi connectivity index (χ3v) is 3.53. The molecule has 1 N–H and O–H groups in total. The molecule has 0 unspecified atom stereocenters. The first-order valence-corrected chi connectivity index (χ1v) is 6.97. The Balaban J connectivity index is 1.84. The second-order valence-electron chi connectivity index (χ2n) is 4.29. The molecule has 1 amide bonds. The fourth-order valence-corrected chi connectivity index (χ4v) is 2.31. The normalized spacial score (nSPS) is 10.6. The maximum Gasteiger partial charge on any atom is 0.311 e. The van der Waals surface area contributed by atoms with Crippen LogP contribution in [0, 0.1) is 0 Å². The molecule has 0 atom stereocenters. The van der Waals surface area contributed by atoms with Crippen molar-refractivity contribution in [3.8, 4) is 5.75 Å². The Morgan fingerprint density at radius 3 is 2.67 bits per heavy atom. The standard InChI is InChI=1S/C15H11BrN2O3/c1-20-10-7-5-9(6-8-10)17-14(19)15-18-12-4-2-3-11(16)13(12)21-15/h2-8H,1H3,(H,17,19). The number of carbonyl (C=O) groups is 1. The average Bonchev–Trinajstić information content (AvgIpc) is 2.94. The summed E-state index contributed by atoms with van der Waals surface area (Å²) in [6, 6.07) is 12.5. The van der Waals surface area contributed by atoms with Crippen LogP contribution in [0.1, 0.15) is 10.7 Å². The van der Waals surface area contributed by atoms with Gasteiger partial charge in [-0.15, -0.1) is 0 Å². The molecule has 0 saturated heterocycles. The molecule has 0 saturated carbocycles. The van der Waals surface area contributed by atoms with Gasteiger partial charge in [-0.3, -0.25) is 4.79 Å². The lowest BCUT2D eigenvalue weighted by Gasteiger charge is -2.03. The van der Waals surface area contributed by atoms with Crippen molar-refractivity contribution in [2.45, 2.75) is 0 Å². The Bertz CT molecular complexity index is 796. The predicted octanol–water partition coefficient (Wildman–Crippen LogP) is 3.85. The van der Waals surface area contributed by atoms with Crippen LogP contribution in [0.5, 0.6) is 5.75 Å². The summed E-state index contributed by atoms with van der Waals surface area (Å²) in [5.74, 6) is 0.342. The molecule has 3 aromatic rings. The van der Waals surface area contributed by atoms with Gasteiger partial charge in [-0.25, -0.2) is 4.98 Å². The molecule has 0 aliphatic heterocycles. The van der Waals surface area contributed by atoms with Crippen LogP contribution >= 0.6 is 15.9 Å². The Labute approximate surface area is 129 Å². The molecule has 0 spiro atoms. The highest BCUT2D eigenvalue weighted by molar-refractivity contribution is 9.10. The van der Waals surface area contributed by atoms with Crippen molar-refractivity contribution >= 4 is 38.6 Å². The van der Waals surface area contributed by atoms with Crippen LogP contribution < -0.4 is 10.1 Å². The Morgan fingerprint density at radius 1 is 1.24 bits per heavy atom. The summed E-state index contributed by atoms with van der Waals surface area (Å²) in [6.45, 7) is 0. The number of hydrogen-bond donors (Lipinski definition) is 1. The van der Waals surface area contributed by atoms with E-state index in [4.69, 9.17) is 9.15 Å². The van der Waals surface area contributed by atoms with Crippen molar-refractivity contribution in [3.63, 3.8) is 0 Å². The molecule has 1 heterocycles. The van der Waals surface area contributed by atoms with E-state index in [1.165, 1.54) is 0 Å². The van der Waals surface area contributed by atoms with Gasteiger partial charge in [-0.2, -0.15) is 0 Å². The number of carbonyl (C=O) groups excluding carboxylic acids is 1. The molecular weight excluding hydrogens is 336 g/mol. The zero-order valence-corrected chi connectivity index (χ0v) is 12.7. The van der Waals surface area contributed by atoms with Crippen molar-refractivity contribution in [2.75, 3.05) is 12.4 Å². The topological polar surface area (TPSA) is 64.4 Å². The van der Waals surface area contributed by atoms with Gasteiger partial charge in [0.1, 0.15) is 11.3 Å². The number of benzene rings is 2. The first-order chi connectivity index (χ1) is 10.2. The average molecular weight is 347 g/mol. The Kier molecular flexibility index (Phi) is 3.62. The molecule has 21 heavy (non-hydrogen) atoms. The summed E-state index contributed by atoms with van der Waals surface area (Å²) >= 11 is 3.36. The van der Waals surface area contributed by atoms with Crippen LogP contribution in [0.3, 0.4) is 0 Å². The minimum Gasteiger partial charge on any atom is -0.497 e. The third kappa shape index (κ3) is 2.75. The molecule has 2 aromatic carbocycles. The Morgan fingerprint density at radius 2 is 2.00 bits per heavy atom. The Hall–Kier alpha value is -2.34. The van der Waals surface area contributed by atoms with Gasteiger partial charge in [0.15, 0.2) is 5.58 Å². The van der Waals surface area contributed by atoms with Crippen LogP contribution in [0.15, 0.2) is 51.4 Å². The maximum absolute atomic E-state index is 12.1. The number of halogens is 1. The number of para-hydroxylation sites is 1. The van der Waals surface area contributed by atoms with Crippen molar-refractivity contribution in [1.29, 1.82) is 0 Å². The molecule has 106 valence electrons. The summed E-state index contributed by atoms with van der Waals surface area (Å²) in [4.78, 5) is 16.3. The van der Waals surface area contributed by atoms with E-state index >= 15 is 0 Å². The van der Waals surface area contributed by atoms with E-state index in [2.05, 4.69) is 26.2 Å². The summed E-state index contributed by atoms with van der Waals surface area (Å²) in [7, 11) is 1.59. The number of aromatic nitrogens is 1. The fourth-order valence-electron chi connectivity index (χ4n) is 1.87. The second kappa shape index (κ2) is 5.57. The van der Waals surface area contributed by atoms with Gasteiger partial charge in [0, 0.05) is 5.69 Å². The van der Waals surface area contributed by atoms with Crippen LogP contribution in [0.2, 0.25) is 0 Å². The molecule has 3 rings (SSSR count). The highest BCUT2D eigenvalue weighted by Gasteiger charge is 2.15. The lowest BCUT2D eigenvalue weighted by Crippen LogP contribution is -2.12. The molecule has 0 aliphatic rings. The number of hydrogen-bond acceptors (Lipinski definition) is 4. The zero-order chi connectivity index (χ0) is 14.8. The number of nitrogens with one attached hydrogen (secondary N) is 1. The predicted molar refractivity (Wildman–Crippen MR) is 82.7 cm³/mol. The van der Waals surface area contributed by atoms with Gasteiger partial charge < -0.3 is 14.5 Å². The van der Waals surface area contributed by atoms with E-state index in [1.807, 2.05) is 12.1 Å². The van der Waals surface area contributed by atoms with Gasteiger partial charge in [0.2, 0.25) is 0 Å². The lowest BCUT2D eigenvalue weighted by molar-refractivity contribution is 0.0992. The number of amides is 1. The molecule has 0 radical (unpaired) electrons. The van der Waals surface area contributed by atoms with Crippen molar-refractivity contribution in [2.24, 2.45) is 0 Å². The number of ether oxygens (including phenoxy) is 1. The quantitative estimate of drug-likeness (QED) is 0.782. The molecule has 5 nitrogen and oxygen atoms in total. The van der Waals surface area contributed by atoms with Crippen LogP contribution in [0.25, 0.3) is 11.1 Å². The van der Waals surface area contributed by atoms with E-state index in [9.17, 15) is 4.79 Å². The van der Waals surface area contributed by atoms with E-state index in [1.54, 1.807) is 37.4 Å². The molecule has 0 bridgehead atoms. The number of nitrogens with zero attached hydrogens (tertiary/aromatic N) is 1. The van der Waals surface area contributed by atoms with E-state index in [0.29, 0.717) is 16.8 Å². The van der Waals surface area contributed by atoms with Gasteiger partial charge in [0.05, 0.1) is 11.6 Å². The first kappa shape index (κ1) is 13.6. The van der Waals surface area contributed by atoms with Crippen molar-refractivity contribution < 1.29 is 13.9 Å². The smallest absolute Gasteiger partial charge is 0.311 e. The number of fused-ring (bicyclic) bond motifs is 1. The summed E-state index contributed by atoms with van der Waals surface area (Å²) in [6.07, 6.45) is 0. The zero-order valence-electron chi connectivity index (χ0n) is 11.1. The number of methoxy groups -OCH3 is 1. The highest BCUT2D eigenvalue weighted by atomic mass is 79.9. The van der Waals surface area contributed by atoms with Crippen LogP contribution in [-0.2, 0) is 0 Å². The van der Waals surface area contributed by atoms with Crippen LogP contribution in [-0.4, -0.2) is 18.0 Å². The first-order valence-electron chi connectivity index (χ1n) is 6.18. The van der Waals surface area contributed by atoms with Crippen molar-refractivity contribution in [3.05, 3.63) is 52.8 Å². The molecule has 6 heteroatoms. The number of oxazole rings is 1. The number of anilines is 1. The molecular formula is C15H11BrN2O3. The minimum atomic E-state index is -0.400. The molecule has 0 aliphatic carbocycles. The molecule has 1 aromatic heterocycles. The maximum atomic E-state index is 12.1. The van der Waals surface area contributed by atoms with Gasteiger partial charge >= 0.3 is 5.91 Å².